The molecule has 1 atom stereocenters. The Morgan fingerprint density at radius 2 is 2.00 bits per heavy atom. The molecule has 134 valence electrons. The molecule has 2 aromatic heterocycles. The Bertz CT molecular complexity index is 954. The van der Waals surface area contributed by atoms with Crippen LogP contribution in [0, 0.1) is 0 Å². The third-order valence-electron chi connectivity index (χ3n) is 3.80. The smallest absolute Gasteiger partial charge is 0.355 e. The van der Waals surface area contributed by atoms with Crippen LogP contribution in [-0.4, -0.2) is 39.4 Å². The highest BCUT2D eigenvalue weighted by molar-refractivity contribution is 6.04. The van der Waals surface area contributed by atoms with Crippen LogP contribution in [0.3, 0.4) is 0 Å². The monoisotopic (exact) mass is 355 g/mol. The molecule has 0 aliphatic carbocycles. The number of carboxylic acid groups (broad SMARTS) is 1. The predicted octanol–water partition coefficient (Wildman–Crippen LogP) is 2.55. The van der Waals surface area contributed by atoms with Crippen molar-refractivity contribution in [2.24, 2.45) is 0 Å². The number of H-pyrrole nitrogens is 1. The highest BCUT2D eigenvalue weighted by Gasteiger charge is 2.20. The van der Waals surface area contributed by atoms with Gasteiger partial charge in [-0.3, -0.25) is 10.4 Å². The number of carbonyl (C=O) groups is 2. The lowest BCUT2D eigenvalue weighted by molar-refractivity contribution is 0.0692. The molecule has 0 spiro atoms. The molecular formula is C17H17N5O4. The summed E-state index contributed by atoms with van der Waals surface area (Å²) in [6.07, 6.45) is 0. The van der Waals surface area contributed by atoms with Crippen LogP contribution >= 0.6 is 0 Å². The number of pyridine rings is 1. The first-order valence-corrected chi connectivity index (χ1v) is 7.78. The van der Waals surface area contributed by atoms with E-state index in [4.69, 9.17) is 4.74 Å². The number of ether oxygens (including phenoxy) is 1. The van der Waals surface area contributed by atoms with E-state index in [1.165, 1.54) is 13.2 Å². The second-order valence-corrected chi connectivity index (χ2v) is 5.55. The van der Waals surface area contributed by atoms with Gasteiger partial charge in [0.2, 0.25) is 5.88 Å². The molecule has 4 N–H and O–H groups in total. The van der Waals surface area contributed by atoms with Gasteiger partial charge in [0.05, 0.1) is 24.1 Å². The van der Waals surface area contributed by atoms with E-state index in [0.717, 1.165) is 5.56 Å². The molecule has 2 amide bonds. The molecule has 26 heavy (non-hydrogen) atoms. The van der Waals surface area contributed by atoms with Gasteiger partial charge in [0.25, 0.3) is 0 Å². The molecule has 0 bridgehead atoms. The number of benzene rings is 1. The number of methoxy groups -OCH3 is 1. The van der Waals surface area contributed by atoms with Crippen LogP contribution in [0.15, 0.2) is 36.4 Å². The first-order valence-electron chi connectivity index (χ1n) is 7.78. The molecule has 0 aliphatic heterocycles. The Balaban J connectivity index is 1.82. The van der Waals surface area contributed by atoms with Crippen LogP contribution in [-0.2, 0) is 0 Å². The number of hydrogen-bond donors (Lipinski definition) is 4. The zero-order valence-electron chi connectivity index (χ0n) is 14.1. The highest BCUT2D eigenvalue weighted by atomic mass is 16.5. The Kier molecular flexibility index (Phi) is 4.70. The lowest BCUT2D eigenvalue weighted by Crippen LogP contribution is -2.31. The van der Waals surface area contributed by atoms with Gasteiger partial charge in [-0.15, -0.1) is 5.10 Å². The lowest BCUT2D eigenvalue weighted by Gasteiger charge is -2.15. The number of fused-ring (bicyclic) bond motifs is 1. The number of anilines is 1. The van der Waals surface area contributed by atoms with Gasteiger partial charge in [-0.05, 0) is 12.5 Å². The Hall–Kier alpha value is -3.62. The zero-order chi connectivity index (χ0) is 18.7. The summed E-state index contributed by atoms with van der Waals surface area (Å²) in [7, 11) is 1.38. The second-order valence-electron chi connectivity index (χ2n) is 5.55. The van der Waals surface area contributed by atoms with E-state index in [1.54, 1.807) is 0 Å². The van der Waals surface area contributed by atoms with Crippen LogP contribution in [0.2, 0.25) is 0 Å². The molecule has 3 rings (SSSR count). The third kappa shape index (κ3) is 3.41. The molecule has 0 radical (unpaired) electrons. The SMILES string of the molecule is COc1n[nH]c2cc(NC(=O)NC(C)c3ccccc3)nc(C(=O)O)c12. The zero-order valence-corrected chi connectivity index (χ0v) is 14.1. The molecule has 1 unspecified atom stereocenters. The van der Waals surface area contributed by atoms with E-state index in [-0.39, 0.29) is 28.8 Å². The predicted molar refractivity (Wildman–Crippen MR) is 94.4 cm³/mol. The molecule has 0 fully saturated rings. The molecule has 0 aliphatic rings. The van der Waals surface area contributed by atoms with Gasteiger partial charge in [-0.2, -0.15) is 0 Å². The molecule has 0 saturated carbocycles. The summed E-state index contributed by atoms with van der Waals surface area (Å²) in [5.41, 5.74) is 1.07. The van der Waals surface area contributed by atoms with Gasteiger partial charge in [0.1, 0.15) is 5.82 Å². The van der Waals surface area contributed by atoms with E-state index in [1.807, 2.05) is 37.3 Å². The summed E-state index contributed by atoms with van der Waals surface area (Å²) >= 11 is 0. The normalized spacial score (nSPS) is 11.8. The first-order chi connectivity index (χ1) is 12.5. The lowest BCUT2D eigenvalue weighted by atomic mass is 10.1. The number of aromatic carboxylic acids is 1. The summed E-state index contributed by atoms with van der Waals surface area (Å²) in [5.74, 6) is -1.05. The summed E-state index contributed by atoms with van der Waals surface area (Å²) in [5, 5.41) is 21.5. The number of nitrogens with zero attached hydrogens (tertiary/aromatic N) is 2. The number of urea groups is 1. The van der Waals surface area contributed by atoms with Crippen molar-refractivity contribution in [2.75, 3.05) is 12.4 Å². The quantitative estimate of drug-likeness (QED) is 0.556. The summed E-state index contributed by atoms with van der Waals surface area (Å²) in [6.45, 7) is 1.84. The standard InChI is InChI=1S/C17H17N5O4/c1-9(10-6-4-3-5-7-10)18-17(25)20-12-8-11-13(14(19-12)16(23)24)15(26-2)22-21-11/h3-9H,1-2H3,(H,21,22)(H,23,24)(H2,18,19,20,25). The van der Waals surface area contributed by atoms with Crippen molar-refractivity contribution in [2.45, 2.75) is 13.0 Å². The number of carbonyl (C=O) groups excluding carboxylic acids is 1. The van der Waals surface area contributed by atoms with Crippen molar-refractivity contribution < 1.29 is 19.4 Å². The van der Waals surface area contributed by atoms with E-state index in [2.05, 4.69) is 25.8 Å². The Labute approximate surface area is 148 Å². The van der Waals surface area contributed by atoms with Gasteiger partial charge < -0.3 is 15.2 Å². The molecule has 1 aromatic carbocycles. The number of rotatable bonds is 5. The average Bonchev–Trinajstić information content (AvgIpc) is 3.04. The maximum Gasteiger partial charge on any atom is 0.355 e. The van der Waals surface area contributed by atoms with Gasteiger partial charge in [-0.25, -0.2) is 14.6 Å². The van der Waals surface area contributed by atoms with Gasteiger partial charge in [0, 0.05) is 6.07 Å². The Morgan fingerprint density at radius 3 is 2.65 bits per heavy atom. The van der Waals surface area contributed by atoms with Gasteiger partial charge in [0.15, 0.2) is 5.69 Å². The fourth-order valence-electron chi connectivity index (χ4n) is 2.56. The fourth-order valence-corrected chi connectivity index (χ4v) is 2.56. The van der Waals surface area contributed by atoms with E-state index in [9.17, 15) is 14.7 Å². The van der Waals surface area contributed by atoms with Crippen LogP contribution < -0.4 is 15.4 Å². The first kappa shape index (κ1) is 17.2. The van der Waals surface area contributed by atoms with Gasteiger partial charge >= 0.3 is 12.0 Å². The summed E-state index contributed by atoms with van der Waals surface area (Å²) in [6, 6.07) is 10.2. The van der Waals surface area contributed by atoms with Crippen LogP contribution in [0.5, 0.6) is 5.88 Å². The van der Waals surface area contributed by atoms with E-state index < -0.39 is 12.0 Å². The number of aromatic amines is 1. The van der Waals surface area contributed by atoms with Gasteiger partial charge in [-0.1, -0.05) is 30.3 Å². The minimum atomic E-state index is -1.25. The maximum absolute atomic E-state index is 12.2. The number of hydrogen-bond acceptors (Lipinski definition) is 5. The van der Waals surface area contributed by atoms with Crippen molar-refractivity contribution in [3.8, 4) is 5.88 Å². The third-order valence-corrected chi connectivity index (χ3v) is 3.80. The maximum atomic E-state index is 12.2. The van der Waals surface area contributed by atoms with Crippen molar-refractivity contribution in [3.63, 3.8) is 0 Å². The summed E-state index contributed by atoms with van der Waals surface area (Å²) < 4.78 is 5.04. The second kappa shape index (κ2) is 7.09. The van der Waals surface area contributed by atoms with Crippen molar-refractivity contribution in [1.29, 1.82) is 0 Å². The van der Waals surface area contributed by atoms with E-state index >= 15 is 0 Å². The fraction of sp³-hybridized carbons (Fsp3) is 0.176. The van der Waals surface area contributed by atoms with Crippen LogP contribution in [0.1, 0.15) is 29.0 Å². The molecular weight excluding hydrogens is 338 g/mol. The Morgan fingerprint density at radius 1 is 1.27 bits per heavy atom. The topological polar surface area (TPSA) is 129 Å². The molecule has 2 heterocycles. The highest BCUT2D eigenvalue weighted by Crippen LogP contribution is 2.27. The molecule has 9 heteroatoms. The van der Waals surface area contributed by atoms with Crippen LogP contribution in [0.25, 0.3) is 10.9 Å². The summed E-state index contributed by atoms with van der Waals surface area (Å²) in [4.78, 5) is 27.7. The average molecular weight is 355 g/mol. The number of aromatic nitrogens is 3. The van der Waals surface area contributed by atoms with E-state index in [0.29, 0.717) is 5.52 Å². The number of nitrogens with one attached hydrogen (secondary N) is 3. The number of amides is 2. The molecule has 3 aromatic rings. The minimum absolute atomic E-state index is 0.0824. The van der Waals surface area contributed by atoms with Crippen molar-refractivity contribution in [1.82, 2.24) is 20.5 Å². The number of carboxylic acids is 1. The minimum Gasteiger partial charge on any atom is -0.479 e. The molecule has 0 saturated heterocycles. The molecule has 9 nitrogen and oxygen atoms in total. The van der Waals surface area contributed by atoms with Crippen LogP contribution in [0.4, 0.5) is 10.6 Å². The van der Waals surface area contributed by atoms with Crippen molar-refractivity contribution >= 4 is 28.7 Å². The largest absolute Gasteiger partial charge is 0.479 e. The van der Waals surface area contributed by atoms with Crippen molar-refractivity contribution in [3.05, 3.63) is 47.7 Å².